The van der Waals surface area contributed by atoms with E-state index in [1.165, 1.54) is 0 Å². The molecule has 0 aromatic carbocycles. The number of carbonyl (C=O) groups is 1. The zero-order valence-electron chi connectivity index (χ0n) is 7.64. The highest BCUT2D eigenvalue weighted by atomic mass is 32.2. The van der Waals surface area contributed by atoms with Gasteiger partial charge in [-0.1, -0.05) is 6.92 Å². The first-order valence-corrected chi connectivity index (χ1v) is 5.85. The molecule has 0 spiro atoms. The summed E-state index contributed by atoms with van der Waals surface area (Å²) in [5, 5.41) is 2.91. The molecule has 1 aliphatic heterocycles. The molecule has 0 aromatic heterocycles. The van der Waals surface area contributed by atoms with Gasteiger partial charge in [0.05, 0.1) is 0 Å². The number of amides is 1. The van der Waals surface area contributed by atoms with Gasteiger partial charge in [-0.25, -0.2) is 0 Å². The Morgan fingerprint density at radius 3 is 3.17 bits per heavy atom. The van der Waals surface area contributed by atoms with Crippen LogP contribution in [0.1, 0.15) is 26.2 Å². The number of hydrogen-bond donors (Lipinski definition) is 1. The second-order valence-corrected chi connectivity index (χ2v) is 4.51. The summed E-state index contributed by atoms with van der Waals surface area (Å²) in [7, 11) is 0. The fourth-order valence-electron chi connectivity index (χ4n) is 1.48. The molecule has 2 nitrogen and oxygen atoms in total. The van der Waals surface area contributed by atoms with Crippen LogP contribution in [0.5, 0.6) is 0 Å². The molecule has 0 saturated carbocycles. The van der Waals surface area contributed by atoms with Crippen molar-refractivity contribution >= 4 is 17.7 Å². The van der Waals surface area contributed by atoms with Gasteiger partial charge in [-0.15, -0.1) is 0 Å². The summed E-state index contributed by atoms with van der Waals surface area (Å²) in [6, 6.07) is 0. The molecule has 1 heterocycles. The van der Waals surface area contributed by atoms with E-state index in [1.807, 2.05) is 11.8 Å². The van der Waals surface area contributed by atoms with Gasteiger partial charge in [-0.3, -0.25) is 4.79 Å². The average Bonchev–Trinajstić information content (AvgIpc) is 2.09. The monoisotopic (exact) mass is 187 g/mol. The lowest BCUT2D eigenvalue weighted by atomic mass is 9.96. The quantitative estimate of drug-likeness (QED) is 0.678. The highest BCUT2D eigenvalue weighted by molar-refractivity contribution is 7.99. The van der Waals surface area contributed by atoms with Gasteiger partial charge >= 0.3 is 0 Å². The molecule has 1 rings (SSSR count). The van der Waals surface area contributed by atoms with E-state index in [9.17, 15) is 4.79 Å². The third-order valence-electron chi connectivity index (χ3n) is 2.21. The zero-order chi connectivity index (χ0) is 8.81. The van der Waals surface area contributed by atoms with Crippen LogP contribution in [0.25, 0.3) is 0 Å². The van der Waals surface area contributed by atoms with Crippen molar-refractivity contribution in [3.05, 3.63) is 0 Å². The molecule has 1 amide bonds. The van der Waals surface area contributed by atoms with Gasteiger partial charge < -0.3 is 5.32 Å². The molecule has 1 fully saturated rings. The molecule has 1 aliphatic rings. The van der Waals surface area contributed by atoms with Crippen molar-refractivity contribution < 1.29 is 4.79 Å². The number of rotatable bonds is 4. The largest absolute Gasteiger partial charge is 0.356 e. The molecule has 3 heteroatoms. The predicted octanol–water partition coefficient (Wildman–Crippen LogP) is 1.66. The van der Waals surface area contributed by atoms with E-state index < -0.39 is 0 Å². The van der Waals surface area contributed by atoms with Gasteiger partial charge in [0, 0.05) is 12.5 Å². The zero-order valence-corrected chi connectivity index (χ0v) is 8.45. The Morgan fingerprint density at radius 1 is 1.67 bits per heavy atom. The fourth-order valence-corrected chi connectivity index (χ4v) is 2.22. The third-order valence-corrected chi connectivity index (χ3v) is 3.15. The van der Waals surface area contributed by atoms with E-state index in [0.717, 1.165) is 37.3 Å². The molecule has 0 radical (unpaired) electrons. The number of nitrogens with one attached hydrogen (secondary N) is 1. The van der Waals surface area contributed by atoms with Crippen molar-refractivity contribution in [3.63, 3.8) is 0 Å². The van der Waals surface area contributed by atoms with Crippen LogP contribution in [-0.2, 0) is 4.79 Å². The molecule has 12 heavy (non-hydrogen) atoms. The Hall–Kier alpha value is -0.180. The van der Waals surface area contributed by atoms with Crippen LogP contribution in [0, 0.1) is 5.92 Å². The molecular formula is C9H17NOS. The normalized spacial score (nSPS) is 23.8. The highest BCUT2D eigenvalue weighted by Gasteiger charge is 2.20. The van der Waals surface area contributed by atoms with Gasteiger partial charge in [-0.05, 0) is 30.8 Å². The van der Waals surface area contributed by atoms with Crippen LogP contribution >= 0.6 is 11.8 Å². The SMILES string of the molecule is CCSCCC1CCCNC1=O. The van der Waals surface area contributed by atoms with Gasteiger partial charge in [0.1, 0.15) is 0 Å². The van der Waals surface area contributed by atoms with Crippen LogP contribution in [0.4, 0.5) is 0 Å². The van der Waals surface area contributed by atoms with Crippen LogP contribution in [0.2, 0.25) is 0 Å². The van der Waals surface area contributed by atoms with Crippen molar-refractivity contribution in [1.29, 1.82) is 0 Å². The number of piperidine rings is 1. The van der Waals surface area contributed by atoms with Gasteiger partial charge in [-0.2, -0.15) is 11.8 Å². The van der Waals surface area contributed by atoms with Gasteiger partial charge in [0.15, 0.2) is 0 Å². The maximum absolute atomic E-state index is 11.3. The molecule has 0 bridgehead atoms. The topological polar surface area (TPSA) is 29.1 Å². The van der Waals surface area contributed by atoms with Crippen LogP contribution in [0.3, 0.4) is 0 Å². The Balaban J connectivity index is 2.16. The van der Waals surface area contributed by atoms with Gasteiger partial charge in [0.2, 0.25) is 5.91 Å². The predicted molar refractivity (Wildman–Crippen MR) is 53.3 cm³/mol. The maximum atomic E-state index is 11.3. The summed E-state index contributed by atoms with van der Waals surface area (Å²) in [5.74, 6) is 2.87. The molecule has 70 valence electrons. The summed E-state index contributed by atoms with van der Waals surface area (Å²) in [6.45, 7) is 3.04. The van der Waals surface area contributed by atoms with E-state index in [0.29, 0.717) is 5.92 Å². The lowest BCUT2D eigenvalue weighted by Gasteiger charge is -2.21. The average molecular weight is 187 g/mol. The third kappa shape index (κ3) is 3.05. The second-order valence-electron chi connectivity index (χ2n) is 3.12. The summed E-state index contributed by atoms with van der Waals surface area (Å²) in [4.78, 5) is 11.3. The molecule has 0 aromatic rings. The van der Waals surface area contributed by atoms with E-state index in [4.69, 9.17) is 0 Å². The number of carbonyl (C=O) groups excluding carboxylic acids is 1. The smallest absolute Gasteiger partial charge is 0.223 e. The van der Waals surface area contributed by atoms with E-state index in [-0.39, 0.29) is 5.91 Å². The summed E-state index contributed by atoms with van der Waals surface area (Å²) >= 11 is 1.92. The summed E-state index contributed by atoms with van der Waals surface area (Å²) in [5.41, 5.74) is 0. The van der Waals surface area contributed by atoms with Gasteiger partial charge in [0.25, 0.3) is 0 Å². The van der Waals surface area contributed by atoms with Crippen LogP contribution < -0.4 is 5.32 Å². The molecule has 0 aliphatic carbocycles. The Labute approximate surface area is 78.5 Å². The Kier molecular flexibility index (Phi) is 4.51. The van der Waals surface area contributed by atoms with Crippen molar-refractivity contribution in [1.82, 2.24) is 5.32 Å². The van der Waals surface area contributed by atoms with E-state index in [1.54, 1.807) is 0 Å². The molecule has 1 atom stereocenters. The standard InChI is InChI=1S/C9H17NOS/c1-2-12-7-5-8-4-3-6-10-9(8)11/h8H,2-7H2,1H3,(H,10,11). The van der Waals surface area contributed by atoms with Crippen LogP contribution in [-0.4, -0.2) is 24.0 Å². The van der Waals surface area contributed by atoms with Crippen molar-refractivity contribution in [3.8, 4) is 0 Å². The summed E-state index contributed by atoms with van der Waals surface area (Å²) < 4.78 is 0. The maximum Gasteiger partial charge on any atom is 0.223 e. The minimum Gasteiger partial charge on any atom is -0.356 e. The molecule has 1 unspecified atom stereocenters. The second kappa shape index (κ2) is 5.46. The fraction of sp³-hybridized carbons (Fsp3) is 0.889. The Bertz CT molecular complexity index is 149. The number of thioether (sulfide) groups is 1. The lowest BCUT2D eigenvalue weighted by Crippen LogP contribution is -2.36. The number of hydrogen-bond acceptors (Lipinski definition) is 2. The molecule has 1 saturated heterocycles. The summed E-state index contributed by atoms with van der Waals surface area (Å²) in [6.07, 6.45) is 3.31. The lowest BCUT2D eigenvalue weighted by molar-refractivity contribution is -0.126. The minimum absolute atomic E-state index is 0.276. The first-order valence-electron chi connectivity index (χ1n) is 4.70. The van der Waals surface area contributed by atoms with Crippen molar-refractivity contribution in [2.45, 2.75) is 26.2 Å². The van der Waals surface area contributed by atoms with Crippen molar-refractivity contribution in [2.75, 3.05) is 18.1 Å². The molecular weight excluding hydrogens is 170 g/mol. The molecule has 1 N–H and O–H groups in total. The van der Waals surface area contributed by atoms with Crippen LogP contribution in [0.15, 0.2) is 0 Å². The van der Waals surface area contributed by atoms with Crippen molar-refractivity contribution in [2.24, 2.45) is 5.92 Å². The first-order chi connectivity index (χ1) is 5.84. The first kappa shape index (κ1) is 9.90. The highest BCUT2D eigenvalue weighted by Crippen LogP contribution is 2.17. The minimum atomic E-state index is 0.276. The van der Waals surface area contributed by atoms with E-state index >= 15 is 0 Å². The Morgan fingerprint density at radius 2 is 2.50 bits per heavy atom. The van der Waals surface area contributed by atoms with E-state index in [2.05, 4.69) is 12.2 Å².